The quantitative estimate of drug-likeness (QED) is 0.206. The molecule has 1 aliphatic carbocycles. The number of alkyl halides is 2. The van der Waals surface area contributed by atoms with Crippen molar-refractivity contribution in [2.75, 3.05) is 13.6 Å². The van der Waals surface area contributed by atoms with E-state index in [4.69, 9.17) is 5.73 Å². The molecule has 0 aromatic carbocycles. The lowest BCUT2D eigenvalue weighted by molar-refractivity contribution is 0.0617. The number of nitrogens with two attached hydrogens (primary N) is 1. The molecule has 3 N–H and O–H groups in total. The first-order valence-corrected chi connectivity index (χ1v) is 11.4. The zero-order valence-electron chi connectivity index (χ0n) is 20.8. The average molecular weight is 455 g/mol. The van der Waals surface area contributed by atoms with E-state index in [1.807, 2.05) is 26.1 Å². The maximum Gasteiger partial charge on any atom is 0.284 e. The Morgan fingerprint density at radius 3 is 2.48 bits per heavy atom. The molecule has 1 rings (SSSR count). The van der Waals surface area contributed by atoms with Crippen LogP contribution in [0.25, 0.3) is 0 Å². The highest BCUT2D eigenvalue weighted by molar-refractivity contribution is 5.58. The van der Waals surface area contributed by atoms with Crippen LogP contribution in [0.2, 0.25) is 0 Å². The van der Waals surface area contributed by atoms with Crippen molar-refractivity contribution in [1.29, 1.82) is 0 Å². The molecular weight excluding hydrogens is 414 g/mol. The molecule has 33 heavy (non-hydrogen) atoms. The fourth-order valence-corrected chi connectivity index (χ4v) is 3.52. The van der Waals surface area contributed by atoms with Gasteiger partial charge in [0, 0.05) is 6.92 Å². The molecule has 0 aromatic heterocycles. The topological polar surface area (TPSA) is 38.0 Å². The number of rotatable bonds is 10. The Morgan fingerprint density at radius 2 is 1.94 bits per heavy atom. The van der Waals surface area contributed by atoms with Gasteiger partial charge in [-0.25, -0.2) is 8.78 Å². The van der Waals surface area contributed by atoms with Gasteiger partial charge in [-0.2, -0.15) is 0 Å². The average Bonchev–Trinajstić information content (AvgIpc) is 2.72. The first kappa shape index (κ1) is 28.3. The summed E-state index contributed by atoms with van der Waals surface area (Å²) in [5.74, 6) is -2.48. The van der Waals surface area contributed by atoms with E-state index in [1.54, 1.807) is 13.0 Å². The van der Waals surface area contributed by atoms with Crippen LogP contribution in [0.3, 0.4) is 0 Å². The largest absolute Gasteiger partial charge is 0.397 e. The molecular formula is C29H40F2N2. The molecule has 180 valence electrons. The molecule has 2 unspecified atom stereocenters. The van der Waals surface area contributed by atoms with Crippen LogP contribution in [-0.4, -0.2) is 19.5 Å². The van der Waals surface area contributed by atoms with E-state index in [2.05, 4.69) is 56.3 Å². The van der Waals surface area contributed by atoms with Gasteiger partial charge in [0.05, 0.1) is 5.70 Å². The molecule has 0 saturated carbocycles. The van der Waals surface area contributed by atoms with Crippen molar-refractivity contribution in [3.63, 3.8) is 0 Å². The van der Waals surface area contributed by atoms with Crippen molar-refractivity contribution in [2.24, 2.45) is 17.6 Å². The lowest BCUT2D eigenvalue weighted by atomic mass is 9.82. The third-order valence-corrected chi connectivity index (χ3v) is 5.62. The van der Waals surface area contributed by atoms with Crippen LogP contribution in [0.1, 0.15) is 40.5 Å². The fourth-order valence-electron chi connectivity index (χ4n) is 3.52. The summed E-state index contributed by atoms with van der Waals surface area (Å²) in [6.07, 6.45) is 17.6. The molecule has 0 spiro atoms. The molecule has 0 saturated heterocycles. The van der Waals surface area contributed by atoms with Gasteiger partial charge in [-0.3, -0.25) is 0 Å². The lowest BCUT2D eigenvalue weighted by Crippen LogP contribution is -2.21. The highest BCUT2D eigenvalue weighted by atomic mass is 19.3. The Hall–Kier alpha value is -2.72. The summed E-state index contributed by atoms with van der Waals surface area (Å²) in [6.45, 7) is 20.1. The minimum absolute atomic E-state index is 0.227. The molecule has 0 bridgehead atoms. The summed E-state index contributed by atoms with van der Waals surface area (Å²) in [6, 6.07) is 0. The monoisotopic (exact) mass is 454 g/mol. The Bertz CT molecular complexity index is 918. The molecule has 0 amide bonds. The molecule has 2 atom stereocenters. The van der Waals surface area contributed by atoms with E-state index < -0.39 is 11.6 Å². The van der Waals surface area contributed by atoms with Crippen LogP contribution in [0.15, 0.2) is 107 Å². The summed E-state index contributed by atoms with van der Waals surface area (Å²) in [5, 5.41) is 3.16. The van der Waals surface area contributed by atoms with Gasteiger partial charge in [-0.15, -0.1) is 0 Å². The van der Waals surface area contributed by atoms with Gasteiger partial charge in [0.25, 0.3) is 5.92 Å². The Balaban J connectivity index is 3.46. The molecule has 1 aliphatic rings. The fraction of sp³-hybridized carbons (Fsp3) is 0.379. The predicted octanol–water partition coefficient (Wildman–Crippen LogP) is 7.35. The number of hydrogen-bond acceptors (Lipinski definition) is 2. The minimum atomic E-state index is -3.09. The predicted molar refractivity (Wildman–Crippen MR) is 140 cm³/mol. The molecule has 2 nitrogen and oxygen atoms in total. The first-order chi connectivity index (χ1) is 15.4. The van der Waals surface area contributed by atoms with Crippen LogP contribution in [-0.2, 0) is 0 Å². The zero-order valence-corrected chi connectivity index (χ0v) is 20.8. The van der Waals surface area contributed by atoms with Crippen LogP contribution in [0.4, 0.5) is 8.78 Å². The third-order valence-electron chi connectivity index (χ3n) is 5.62. The second-order valence-electron chi connectivity index (χ2n) is 8.79. The second kappa shape index (κ2) is 13.1. The molecule has 4 heteroatoms. The summed E-state index contributed by atoms with van der Waals surface area (Å²) in [5.41, 5.74) is 10.1. The zero-order chi connectivity index (χ0) is 25.2. The van der Waals surface area contributed by atoms with E-state index in [9.17, 15) is 8.78 Å². The van der Waals surface area contributed by atoms with E-state index in [-0.39, 0.29) is 5.92 Å². The SMILES string of the molecule is C=C1\C=C/C(C(=C/C(=C)C(/C=C(\N)C(C)(F)F)=C/C)/C(=C)C)=C\C(/C=C\CCNC)C(C)C1. The van der Waals surface area contributed by atoms with Crippen LogP contribution in [0, 0.1) is 11.8 Å². The lowest BCUT2D eigenvalue weighted by Gasteiger charge is -2.23. The van der Waals surface area contributed by atoms with Crippen LogP contribution < -0.4 is 11.1 Å². The normalized spacial score (nSPS) is 23.7. The van der Waals surface area contributed by atoms with Gasteiger partial charge in [0.1, 0.15) is 0 Å². The van der Waals surface area contributed by atoms with E-state index in [1.165, 1.54) is 6.08 Å². The van der Waals surface area contributed by atoms with Gasteiger partial charge in [-0.1, -0.05) is 74.3 Å². The number of hydrogen-bond donors (Lipinski definition) is 2. The van der Waals surface area contributed by atoms with Crippen LogP contribution >= 0.6 is 0 Å². The highest BCUT2D eigenvalue weighted by Gasteiger charge is 2.25. The van der Waals surface area contributed by atoms with Gasteiger partial charge < -0.3 is 11.1 Å². The maximum absolute atomic E-state index is 13.6. The van der Waals surface area contributed by atoms with Gasteiger partial charge in [-0.05, 0) is 86.6 Å². The number of allylic oxidation sites excluding steroid dienone is 14. The number of halogens is 2. The minimum Gasteiger partial charge on any atom is -0.397 e. The highest BCUT2D eigenvalue weighted by Crippen LogP contribution is 2.32. The van der Waals surface area contributed by atoms with Crippen molar-refractivity contribution in [1.82, 2.24) is 5.32 Å². The van der Waals surface area contributed by atoms with Crippen LogP contribution in [0.5, 0.6) is 0 Å². The second-order valence-corrected chi connectivity index (χ2v) is 8.79. The van der Waals surface area contributed by atoms with E-state index in [0.717, 1.165) is 48.6 Å². The molecule has 0 aromatic rings. The summed E-state index contributed by atoms with van der Waals surface area (Å²) in [7, 11) is 1.94. The standard InChI is InChI=1S/C29H40F2N2/c1-9-24(19-28(32)29(7,30)31)23(6)17-27(20(2)3)26-14-13-21(4)16-22(5)25(18-26)12-10-11-15-33-8/h9-10,12-14,17-19,22,25,33H,2,4,6,11,15-16,32H2,1,3,5,7-8H3/b12-10-,14-13-,24-9+,26-18+,27-17+,28-19-. The Kier molecular flexibility index (Phi) is 11.2. The van der Waals surface area contributed by atoms with E-state index in [0.29, 0.717) is 17.1 Å². The molecule has 0 heterocycles. The first-order valence-electron chi connectivity index (χ1n) is 11.4. The van der Waals surface area contributed by atoms with Crippen molar-refractivity contribution in [3.8, 4) is 0 Å². The number of nitrogens with one attached hydrogen (secondary N) is 1. The third kappa shape index (κ3) is 9.35. The molecule has 0 radical (unpaired) electrons. The van der Waals surface area contributed by atoms with Gasteiger partial charge in [0.2, 0.25) is 0 Å². The van der Waals surface area contributed by atoms with Crippen molar-refractivity contribution in [3.05, 3.63) is 107 Å². The van der Waals surface area contributed by atoms with Gasteiger partial charge in [0.15, 0.2) is 0 Å². The summed E-state index contributed by atoms with van der Waals surface area (Å²) in [4.78, 5) is 0. The Morgan fingerprint density at radius 1 is 1.27 bits per heavy atom. The van der Waals surface area contributed by atoms with Crippen molar-refractivity contribution < 1.29 is 8.78 Å². The summed E-state index contributed by atoms with van der Waals surface area (Å²) >= 11 is 0. The van der Waals surface area contributed by atoms with E-state index >= 15 is 0 Å². The van der Waals surface area contributed by atoms with Crippen molar-refractivity contribution in [2.45, 2.75) is 46.5 Å². The Labute approximate surface area is 199 Å². The smallest absolute Gasteiger partial charge is 0.284 e. The summed E-state index contributed by atoms with van der Waals surface area (Å²) < 4.78 is 27.2. The maximum atomic E-state index is 13.6. The molecule has 0 aliphatic heterocycles. The molecule has 0 fully saturated rings. The van der Waals surface area contributed by atoms with Crippen molar-refractivity contribution >= 4 is 0 Å². The van der Waals surface area contributed by atoms with Gasteiger partial charge >= 0.3 is 0 Å².